The monoisotopic (exact) mass is 259 g/mol. The standard InChI is InChI=1S/C14H29NO3/c1-11(2)6-5-7-14(17)15-8-9-18-10-13(16)12(3)4/h11-12,14-15,17H,5-10H2,1-4H3. The molecule has 0 rings (SSSR count). The number of hydrogen-bond acceptors (Lipinski definition) is 4. The van der Waals surface area contributed by atoms with Crippen molar-refractivity contribution in [3.63, 3.8) is 0 Å². The van der Waals surface area contributed by atoms with Gasteiger partial charge in [0.25, 0.3) is 0 Å². The Morgan fingerprint density at radius 3 is 2.44 bits per heavy atom. The fraction of sp³-hybridized carbons (Fsp3) is 0.929. The number of nitrogens with one attached hydrogen (secondary N) is 1. The normalized spacial score (nSPS) is 13.3. The van der Waals surface area contributed by atoms with E-state index in [4.69, 9.17) is 4.74 Å². The van der Waals surface area contributed by atoms with E-state index in [2.05, 4.69) is 19.2 Å². The second kappa shape index (κ2) is 10.5. The van der Waals surface area contributed by atoms with Crippen molar-refractivity contribution in [2.24, 2.45) is 11.8 Å². The number of aliphatic hydroxyl groups is 1. The van der Waals surface area contributed by atoms with E-state index < -0.39 is 6.23 Å². The van der Waals surface area contributed by atoms with Crippen LogP contribution in [0.25, 0.3) is 0 Å². The summed E-state index contributed by atoms with van der Waals surface area (Å²) in [4.78, 5) is 11.3. The highest BCUT2D eigenvalue weighted by Crippen LogP contribution is 2.07. The second-order valence-electron chi connectivity index (χ2n) is 5.47. The molecule has 1 unspecified atom stereocenters. The first kappa shape index (κ1) is 17.6. The first-order chi connectivity index (χ1) is 8.43. The Kier molecular flexibility index (Phi) is 10.2. The van der Waals surface area contributed by atoms with Crippen LogP contribution in [0.3, 0.4) is 0 Å². The Balaban J connectivity index is 3.35. The molecule has 0 aliphatic heterocycles. The van der Waals surface area contributed by atoms with Crippen molar-refractivity contribution in [1.82, 2.24) is 5.32 Å². The average Bonchev–Trinajstić information content (AvgIpc) is 2.27. The van der Waals surface area contributed by atoms with Crippen molar-refractivity contribution in [1.29, 1.82) is 0 Å². The van der Waals surface area contributed by atoms with E-state index in [1.165, 1.54) is 0 Å². The molecule has 4 nitrogen and oxygen atoms in total. The minimum atomic E-state index is -0.465. The molecule has 0 spiro atoms. The molecule has 0 heterocycles. The van der Waals surface area contributed by atoms with Crippen molar-refractivity contribution < 1.29 is 14.6 Å². The lowest BCUT2D eigenvalue weighted by Crippen LogP contribution is -2.32. The number of ketones is 1. The third-order valence-corrected chi connectivity index (χ3v) is 2.77. The molecular formula is C14H29NO3. The Hall–Kier alpha value is -0.450. The predicted molar refractivity (Wildman–Crippen MR) is 73.4 cm³/mol. The van der Waals surface area contributed by atoms with Gasteiger partial charge in [-0.05, 0) is 18.8 Å². The highest BCUT2D eigenvalue weighted by molar-refractivity contribution is 5.81. The van der Waals surface area contributed by atoms with E-state index >= 15 is 0 Å². The molecule has 2 N–H and O–H groups in total. The maximum atomic E-state index is 11.3. The SMILES string of the molecule is CC(C)CCCC(O)NCCOCC(=O)C(C)C. The molecule has 0 aromatic carbocycles. The van der Waals surface area contributed by atoms with Gasteiger partial charge in [0.2, 0.25) is 0 Å². The summed E-state index contributed by atoms with van der Waals surface area (Å²) in [6.07, 6.45) is 2.47. The van der Waals surface area contributed by atoms with E-state index in [0.29, 0.717) is 19.1 Å². The van der Waals surface area contributed by atoms with Gasteiger partial charge in [0.05, 0.1) is 6.61 Å². The zero-order chi connectivity index (χ0) is 14.0. The van der Waals surface area contributed by atoms with Gasteiger partial charge in [0, 0.05) is 12.5 Å². The molecule has 0 aromatic heterocycles. The van der Waals surface area contributed by atoms with Crippen LogP contribution < -0.4 is 5.32 Å². The second-order valence-corrected chi connectivity index (χ2v) is 5.47. The summed E-state index contributed by atoms with van der Waals surface area (Å²) in [5.41, 5.74) is 0. The van der Waals surface area contributed by atoms with Crippen molar-refractivity contribution in [2.75, 3.05) is 19.8 Å². The van der Waals surface area contributed by atoms with Crippen LogP contribution in [0.4, 0.5) is 0 Å². The molecule has 0 saturated heterocycles. The van der Waals surface area contributed by atoms with Gasteiger partial charge in [-0.2, -0.15) is 0 Å². The van der Waals surface area contributed by atoms with Crippen molar-refractivity contribution >= 4 is 5.78 Å². The lowest BCUT2D eigenvalue weighted by atomic mass is 10.1. The van der Waals surface area contributed by atoms with E-state index in [0.717, 1.165) is 19.3 Å². The average molecular weight is 259 g/mol. The summed E-state index contributed by atoms with van der Waals surface area (Å²) in [5, 5.41) is 12.6. The summed E-state index contributed by atoms with van der Waals surface area (Å²) in [5.74, 6) is 0.828. The van der Waals surface area contributed by atoms with Crippen LogP contribution in [-0.2, 0) is 9.53 Å². The molecule has 18 heavy (non-hydrogen) atoms. The lowest BCUT2D eigenvalue weighted by molar-refractivity contribution is -0.126. The van der Waals surface area contributed by atoms with Gasteiger partial charge in [0.1, 0.15) is 12.8 Å². The molecular weight excluding hydrogens is 230 g/mol. The van der Waals surface area contributed by atoms with E-state index in [9.17, 15) is 9.90 Å². The number of rotatable bonds is 11. The molecule has 0 aliphatic carbocycles. The number of aliphatic hydroxyl groups excluding tert-OH is 1. The summed E-state index contributed by atoms with van der Waals surface area (Å²) in [7, 11) is 0. The summed E-state index contributed by atoms with van der Waals surface area (Å²) < 4.78 is 5.23. The van der Waals surface area contributed by atoms with Gasteiger partial charge in [0.15, 0.2) is 5.78 Å². The number of Topliss-reactive ketones (excluding diaryl/α,β-unsaturated/α-hetero) is 1. The molecule has 0 saturated carbocycles. The number of ether oxygens (including phenoxy) is 1. The summed E-state index contributed by atoms with van der Waals surface area (Å²) >= 11 is 0. The van der Waals surface area contributed by atoms with Crippen LogP contribution in [0.15, 0.2) is 0 Å². The van der Waals surface area contributed by atoms with Crippen LogP contribution in [-0.4, -0.2) is 36.9 Å². The van der Waals surface area contributed by atoms with Gasteiger partial charge in [-0.3, -0.25) is 10.1 Å². The van der Waals surface area contributed by atoms with Crippen LogP contribution in [0, 0.1) is 11.8 Å². The highest BCUT2D eigenvalue weighted by Gasteiger charge is 2.07. The van der Waals surface area contributed by atoms with Crippen LogP contribution in [0.2, 0.25) is 0 Å². The van der Waals surface area contributed by atoms with Gasteiger partial charge in [-0.25, -0.2) is 0 Å². The molecule has 4 heteroatoms. The zero-order valence-electron chi connectivity index (χ0n) is 12.2. The molecule has 0 aliphatic rings. The molecule has 0 aromatic rings. The molecule has 108 valence electrons. The topological polar surface area (TPSA) is 58.6 Å². The summed E-state index contributed by atoms with van der Waals surface area (Å²) in [6, 6.07) is 0. The third-order valence-electron chi connectivity index (χ3n) is 2.77. The first-order valence-electron chi connectivity index (χ1n) is 6.95. The minimum Gasteiger partial charge on any atom is -0.379 e. The minimum absolute atomic E-state index is 0.0274. The summed E-state index contributed by atoms with van der Waals surface area (Å²) in [6.45, 7) is 9.29. The molecule has 0 bridgehead atoms. The largest absolute Gasteiger partial charge is 0.379 e. The molecule has 0 fully saturated rings. The van der Waals surface area contributed by atoms with Gasteiger partial charge >= 0.3 is 0 Å². The smallest absolute Gasteiger partial charge is 0.160 e. The van der Waals surface area contributed by atoms with Gasteiger partial charge in [-0.15, -0.1) is 0 Å². The Labute approximate surface area is 111 Å². The van der Waals surface area contributed by atoms with Crippen LogP contribution >= 0.6 is 0 Å². The third kappa shape index (κ3) is 10.7. The number of hydrogen-bond donors (Lipinski definition) is 2. The maximum Gasteiger partial charge on any atom is 0.160 e. The Morgan fingerprint density at radius 1 is 1.22 bits per heavy atom. The maximum absolute atomic E-state index is 11.3. The molecule has 0 amide bonds. The zero-order valence-corrected chi connectivity index (χ0v) is 12.2. The number of carbonyl (C=O) groups is 1. The van der Waals surface area contributed by atoms with Crippen molar-refractivity contribution in [2.45, 2.75) is 53.2 Å². The van der Waals surface area contributed by atoms with Crippen molar-refractivity contribution in [3.05, 3.63) is 0 Å². The fourth-order valence-corrected chi connectivity index (χ4v) is 1.46. The fourth-order valence-electron chi connectivity index (χ4n) is 1.46. The predicted octanol–water partition coefficient (Wildman–Crippen LogP) is 1.96. The van der Waals surface area contributed by atoms with E-state index in [1.807, 2.05) is 13.8 Å². The lowest BCUT2D eigenvalue weighted by Gasteiger charge is -2.13. The van der Waals surface area contributed by atoms with Crippen LogP contribution in [0.1, 0.15) is 47.0 Å². The molecule has 1 atom stereocenters. The van der Waals surface area contributed by atoms with Crippen LogP contribution in [0.5, 0.6) is 0 Å². The molecule has 0 radical (unpaired) electrons. The Bertz CT molecular complexity index is 217. The highest BCUT2D eigenvalue weighted by atomic mass is 16.5. The van der Waals surface area contributed by atoms with E-state index in [1.54, 1.807) is 0 Å². The number of carbonyl (C=O) groups excluding carboxylic acids is 1. The Morgan fingerprint density at radius 2 is 1.89 bits per heavy atom. The van der Waals surface area contributed by atoms with E-state index in [-0.39, 0.29) is 18.3 Å². The quantitative estimate of drug-likeness (QED) is 0.440. The van der Waals surface area contributed by atoms with Gasteiger partial charge in [-0.1, -0.05) is 34.1 Å². The van der Waals surface area contributed by atoms with Gasteiger partial charge < -0.3 is 9.84 Å². The van der Waals surface area contributed by atoms with Crippen molar-refractivity contribution in [3.8, 4) is 0 Å². The first-order valence-corrected chi connectivity index (χ1v) is 6.95.